The summed E-state index contributed by atoms with van der Waals surface area (Å²) in [5.74, 6) is 0.237. The molecule has 2 rings (SSSR count). The molecule has 0 bridgehead atoms. The summed E-state index contributed by atoms with van der Waals surface area (Å²) in [7, 11) is 1.88. The van der Waals surface area contributed by atoms with Crippen molar-refractivity contribution in [2.24, 2.45) is 11.7 Å². The van der Waals surface area contributed by atoms with Crippen LogP contribution in [0.5, 0.6) is 0 Å². The summed E-state index contributed by atoms with van der Waals surface area (Å²) in [6.45, 7) is 6.83. The Morgan fingerprint density at radius 2 is 2.05 bits per heavy atom. The highest BCUT2D eigenvalue weighted by molar-refractivity contribution is 5.81. The molecule has 2 atom stereocenters. The first-order valence-corrected chi connectivity index (χ1v) is 8.27. The Labute approximate surface area is 134 Å². The molecule has 1 saturated heterocycles. The van der Waals surface area contributed by atoms with E-state index in [0.29, 0.717) is 6.04 Å². The number of rotatable bonds is 6. The summed E-state index contributed by atoms with van der Waals surface area (Å²) >= 11 is 0. The zero-order valence-corrected chi connectivity index (χ0v) is 14.0. The fraction of sp³-hybridized carbons (Fsp3) is 0.611. The Kier molecular flexibility index (Phi) is 5.98. The fourth-order valence-corrected chi connectivity index (χ4v) is 3.07. The monoisotopic (exact) mass is 303 g/mol. The average Bonchev–Trinajstić information content (AvgIpc) is 2.93. The molecule has 0 spiro atoms. The lowest BCUT2D eigenvalue weighted by Gasteiger charge is -2.30. The fourth-order valence-electron chi connectivity index (χ4n) is 3.07. The number of likely N-dealkylation sites (N-methyl/N-ethyl adjacent to an activating group) is 1. The van der Waals surface area contributed by atoms with E-state index in [1.54, 1.807) is 0 Å². The smallest absolute Gasteiger partial charge is 0.239 e. The van der Waals surface area contributed by atoms with E-state index in [9.17, 15) is 4.79 Å². The molecule has 0 aromatic heterocycles. The molecule has 1 aromatic carbocycles. The second-order valence-corrected chi connectivity index (χ2v) is 6.74. The second-order valence-electron chi connectivity index (χ2n) is 6.74. The highest BCUT2D eigenvalue weighted by Crippen LogP contribution is 2.21. The van der Waals surface area contributed by atoms with Gasteiger partial charge in [-0.25, -0.2) is 0 Å². The number of nitrogens with zero attached hydrogens (tertiary/aromatic N) is 2. The lowest BCUT2D eigenvalue weighted by atomic mass is 10.0. The van der Waals surface area contributed by atoms with Crippen LogP contribution in [0.15, 0.2) is 30.3 Å². The third-order valence-electron chi connectivity index (χ3n) is 4.59. The molecule has 0 radical (unpaired) electrons. The maximum Gasteiger partial charge on any atom is 0.239 e. The third kappa shape index (κ3) is 4.31. The van der Waals surface area contributed by atoms with E-state index in [4.69, 9.17) is 5.73 Å². The van der Waals surface area contributed by atoms with Gasteiger partial charge < -0.3 is 10.6 Å². The number of carbonyl (C=O) groups is 1. The molecular formula is C18H29N3O. The Morgan fingerprint density at radius 3 is 2.68 bits per heavy atom. The number of nitrogens with two attached hydrogens (primary N) is 1. The Morgan fingerprint density at radius 1 is 1.36 bits per heavy atom. The number of hydrogen-bond acceptors (Lipinski definition) is 3. The van der Waals surface area contributed by atoms with Crippen molar-refractivity contribution in [2.45, 2.75) is 45.3 Å². The van der Waals surface area contributed by atoms with Gasteiger partial charge in [0.1, 0.15) is 0 Å². The molecule has 0 unspecified atom stereocenters. The van der Waals surface area contributed by atoms with E-state index in [1.807, 2.05) is 31.9 Å². The molecule has 4 heteroatoms. The number of amides is 1. The van der Waals surface area contributed by atoms with Gasteiger partial charge in [0.2, 0.25) is 5.91 Å². The summed E-state index contributed by atoms with van der Waals surface area (Å²) < 4.78 is 0. The summed E-state index contributed by atoms with van der Waals surface area (Å²) in [5, 5.41) is 0. The number of benzene rings is 1. The molecule has 1 aromatic rings. The molecule has 0 aliphatic carbocycles. The lowest BCUT2D eigenvalue weighted by molar-refractivity contribution is -0.132. The quantitative estimate of drug-likeness (QED) is 0.875. The normalized spacial score (nSPS) is 20.3. The van der Waals surface area contributed by atoms with E-state index >= 15 is 0 Å². The highest BCUT2D eigenvalue weighted by Gasteiger charge is 2.28. The first-order chi connectivity index (χ1) is 10.5. The van der Waals surface area contributed by atoms with Crippen molar-refractivity contribution in [3.8, 4) is 0 Å². The molecule has 4 nitrogen and oxygen atoms in total. The summed E-state index contributed by atoms with van der Waals surface area (Å²) in [4.78, 5) is 16.6. The maximum atomic E-state index is 12.3. The minimum atomic E-state index is -0.394. The Bertz CT molecular complexity index is 474. The summed E-state index contributed by atoms with van der Waals surface area (Å²) in [6.07, 6.45) is 2.36. The van der Waals surface area contributed by atoms with E-state index in [2.05, 4.69) is 29.2 Å². The molecular weight excluding hydrogens is 274 g/mol. The molecule has 1 aliphatic rings. The summed E-state index contributed by atoms with van der Waals surface area (Å²) in [5.41, 5.74) is 7.32. The van der Waals surface area contributed by atoms with Crippen LogP contribution < -0.4 is 5.73 Å². The number of likely N-dealkylation sites (tertiary alicyclic amines) is 1. The zero-order valence-electron chi connectivity index (χ0n) is 14.0. The minimum Gasteiger partial charge on any atom is -0.343 e. The van der Waals surface area contributed by atoms with Gasteiger partial charge in [0, 0.05) is 26.2 Å². The van der Waals surface area contributed by atoms with Crippen LogP contribution in [0.1, 0.15) is 32.3 Å². The average molecular weight is 303 g/mol. The van der Waals surface area contributed by atoms with Crippen LogP contribution >= 0.6 is 0 Å². The molecule has 1 amide bonds. The van der Waals surface area contributed by atoms with Crippen LogP contribution in [0.4, 0.5) is 0 Å². The van der Waals surface area contributed by atoms with Crippen LogP contribution in [0.3, 0.4) is 0 Å². The van der Waals surface area contributed by atoms with Gasteiger partial charge in [-0.15, -0.1) is 0 Å². The first kappa shape index (κ1) is 17.0. The van der Waals surface area contributed by atoms with Crippen molar-refractivity contribution in [3.63, 3.8) is 0 Å². The van der Waals surface area contributed by atoms with Gasteiger partial charge in [-0.1, -0.05) is 44.2 Å². The number of carbonyl (C=O) groups excluding carboxylic acids is 1. The largest absolute Gasteiger partial charge is 0.343 e. The zero-order chi connectivity index (χ0) is 16.1. The van der Waals surface area contributed by atoms with Crippen molar-refractivity contribution >= 4 is 5.91 Å². The topological polar surface area (TPSA) is 49.6 Å². The van der Waals surface area contributed by atoms with Crippen molar-refractivity contribution in [3.05, 3.63) is 35.9 Å². The van der Waals surface area contributed by atoms with Crippen LogP contribution in [-0.2, 0) is 11.3 Å². The van der Waals surface area contributed by atoms with Gasteiger partial charge in [-0.2, -0.15) is 0 Å². The minimum absolute atomic E-state index is 0.0570. The highest BCUT2D eigenvalue weighted by atomic mass is 16.2. The van der Waals surface area contributed by atoms with Crippen LogP contribution in [0.2, 0.25) is 0 Å². The summed E-state index contributed by atoms with van der Waals surface area (Å²) in [6, 6.07) is 10.6. The molecule has 1 heterocycles. The SMILES string of the molecule is CC(C)[C@H](N)C(=O)N(C)C[C@H]1CCCN1Cc1ccccc1. The standard InChI is InChI=1S/C18H29N3O/c1-14(2)17(19)18(22)20(3)13-16-10-7-11-21(16)12-15-8-5-4-6-9-15/h4-6,8-9,14,16-17H,7,10-13,19H2,1-3H3/t16-,17+/m1/s1. The van der Waals surface area contributed by atoms with Crippen molar-refractivity contribution in [2.75, 3.05) is 20.1 Å². The van der Waals surface area contributed by atoms with Gasteiger partial charge in [-0.05, 0) is 30.9 Å². The van der Waals surface area contributed by atoms with Crippen molar-refractivity contribution < 1.29 is 4.79 Å². The van der Waals surface area contributed by atoms with Crippen molar-refractivity contribution in [1.29, 1.82) is 0 Å². The second kappa shape index (κ2) is 7.75. The van der Waals surface area contributed by atoms with Gasteiger partial charge >= 0.3 is 0 Å². The van der Waals surface area contributed by atoms with E-state index in [1.165, 1.54) is 12.0 Å². The lowest BCUT2D eigenvalue weighted by Crippen LogP contribution is -2.48. The van der Waals surface area contributed by atoms with Crippen LogP contribution in [0, 0.1) is 5.92 Å². The molecule has 0 saturated carbocycles. The molecule has 22 heavy (non-hydrogen) atoms. The Hall–Kier alpha value is -1.39. The molecule has 122 valence electrons. The van der Waals surface area contributed by atoms with Crippen molar-refractivity contribution in [1.82, 2.24) is 9.80 Å². The van der Waals surface area contributed by atoms with Gasteiger partial charge in [0.15, 0.2) is 0 Å². The number of hydrogen-bond donors (Lipinski definition) is 1. The van der Waals surface area contributed by atoms with Crippen LogP contribution in [0.25, 0.3) is 0 Å². The van der Waals surface area contributed by atoms with E-state index < -0.39 is 6.04 Å². The first-order valence-electron chi connectivity index (χ1n) is 8.27. The predicted molar refractivity (Wildman–Crippen MR) is 90.3 cm³/mol. The third-order valence-corrected chi connectivity index (χ3v) is 4.59. The predicted octanol–water partition coefficient (Wildman–Crippen LogP) is 2.09. The molecule has 2 N–H and O–H groups in total. The molecule has 1 aliphatic heterocycles. The van der Waals surface area contributed by atoms with Gasteiger partial charge in [0.25, 0.3) is 0 Å². The maximum absolute atomic E-state index is 12.3. The van der Waals surface area contributed by atoms with Crippen LogP contribution in [-0.4, -0.2) is 47.9 Å². The van der Waals surface area contributed by atoms with E-state index in [0.717, 1.165) is 26.1 Å². The molecule has 1 fully saturated rings. The van der Waals surface area contributed by atoms with E-state index in [-0.39, 0.29) is 11.8 Å². The van der Waals surface area contributed by atoms with Gasteiger partial charge in [-0.3, -0.25) is 9.69 Å². The Balaban J connectivity index is 1.92. The van der Waals surface area contributed by atoms with Gasteiger partial charge in [0.05, 0.1) is 6.04 Å².